The van der Waals surface area contributed by atoms with Crippen LogP contribution in [0, 0.1) is 17.8 Å². The van der Waals surface area contributed by atoms with Crippen molar-refractivity contribution in [2.45, 2.75) is 101 Å². The Morgan fingerprint density at radius 2 is 1.97 bits per heavy atom. The molecule has 3 fully saturated rings. The van der Waals surface area contributed by atoms with Crippen molar-refractivity contribution in [1.82, 2.24) is 0 Å². The lowest BCUT2D eigenvalue weighted by Gasteiger charge is -2.57. The van der Waals surface area contributed by atoms with E-state index in [-0.39, 0.29) is 12.8 Å². The molecule has 3 aliphatic carbocycles. The van der Waals surface area contributed by atoms with Crippen LogP contribution in [0.2, 0.25) is 0 Å². The number of aliphatic hydroxyl groups is 4. The lowest BCUT2D eigenvalue weighted by Crippen LogP contribution is -2.70. The highest BCUT2D eigenvalue weighted by atomic mass is 16.6. The number of fused-ring (bicyclic) bond motifs is 5. The first-order valence-corrected chi connectivity index (χ1v) is 13.7. The summed E-state index contributed by atoms with van der Waals surface area (Å²) in [5, 5.41) is 46.4. The van der Waals surface area contributed by atoms with E-state index in [1.54, 1.807) is 39.0 Å². The summed E-state index contributed by atoms with van der Waals surface area (Å²) in [6.45, 7) is 10.5. The summed E-state index contributed by atoms with van der Waals surface area (Å²) in [4.78, 5) is 26.1. The van der Waals surface area contributed by atoms with Crippen LogP contribution in [0.5, 0.6) is 0 Å². The van der Waals surface area contributed by atoms with Crippen LogP contribution in [0.25, 0.3) is 0 Å². The van der Waals surface area contributed by atoms with Crippen LogP contribution in [0.4, 0.5) is 0 Å². The largest absolute Gasteiger partial charge is 0.455 e. The molecule has 9 atom stereocenters. The second-order valence-electron chi connectivity index (χ2n) is 11.9. The molecule has 0 bridgehead atoms. The van der Waals surface area contributed by atoms with Gasteiger partial charge in [0.15, 0.2) is 5.78 Å². The zero-order valence-electron chi connectivity index (χ0n) is 22.9. The summed E-state index contributed by atoms with van der Waals surface area (Å²) >= 11 is 0. The Kier molecular flexibility index (Phi) is 7.71. The maximum absolute atomic E-state index is 13.2. The molecule has 2 saturated carbocycles. The smallest absolute Gasteiger partial charge is 0.331 e. The van der Waals surface area contributed by atoms with Gasteiger partial charge < -0.3 is 29.9 Å². The van der Waals surface area contributed by atoms with Crippen LogP contribution < -0.4 is 0 Å². The Bertz CT molecular complexity index is 1080. The third-order valence-corrected chi connectivity index (χ3v) is 9.34. The maximum Gasteiger partial charge on any atom is 0.331 e. The number of allylic oxidation sites excluding steroid dienone is 3. The van der Waals surface area contributed by atoms with Crippen molar-refractivity contribution in [3.8, 4) is 0 Å². The fraction of sp³-hybridized carbons (Fsp3) is 0.667. The number of carbonyl (C=O) groups is 2. The van der Waals surface area contributed by atoms with Crippen molar-refractivity contribution in [3.05, 3.63) is 48.1 Å². The van der Waals surface area contributed by atoms with E-state index in [1.165, 1.54) is 6.08 Å². The molecule has 0 aromatic heterocycles. The predicted molar refractivity (Wildman–Crippen MR) is 141 cm³/mol. The van der Waals surface area contributed by atoms with Crippen molar-refractivity contribution in [1.29, 1.82) is 0 Å². The van der Waals surface area contributed by atoms with E-state index in [9.17, 15) is 30.0 Å². The van der Waals surface area contributed by atoms with Crippen molar-refractivity contribution < 1.29 is 39.5 Å². The molecule has 1 saturated heterocycles. The molecule has 0 radical (unpaired) electrons. The highest BCUT2D eigenvalue weighted by molar-refractivity contribution is 6.04. The van der Waals surface area contributed by atoms with Crippen molar-refractivity contribution >= 4 is 11.8 Å². The van der Waals surface area contributed by atoms with Crippen molar-refractivity contribution in [3.63, 3.8) is 0 Å². The average Bonchev–Trinajstić information content (AvgIpc) is 3.52. The molecule has 0 aromatic carbocycles. The zero-order valence-corrected chi connectivity index (χ0v) is 22.9. The Balaban J connectivity index is 1.72. The maximum atomic E-state index is 13.2. The number of ketones is 1. The van der Waals surface area contributed by atoms with Crippen LogP contribution in [-0.2, 0) is 19.1 Å². The van der Waals surface area contributed by atoms with E-state index in [0.29, 0.717) is 11.1 Å². The Morgan fingerprint density at radius 3 is 2.61 bits per heavy atom. The van der Waals surface area contributed by atoms with E-state index < -0.39 is 70.7 Å². The van der Waals surface area contributed by atoms with Crippen LogP contribution in [0.15, 0.2) is 48.1 Å². The first kappa shape index (κ1) is 28.9. The van der Waals surface area contributed by atoms with E-state index in [4.69, 9.17) is 9.47 Å². The van der Waals surface area contributed by atoms with Gasteiger partial charge in [-0.15, -0.1) is 0 Å². The first-order valence-electron chi connectivity index (χ1n) is 13.7. The fourth-order valence-corrected chi connectivity index (χ4v) is 7.16. The van der Waals surface area contributed by atoms with Crippen molar-refractivity contribution in [2.24, 2.45) is 17.8 Å². The summed E-state index contributed by atoms with van der Waals surface area (Å²) in [6.07, 6.45) is 10.00. The second kappa shape index (κ2) is 10.1. The summed E-state index contributed by atoms with van der Waals surface area (Å²) in [7, 11) is 0. The molecule has 9 unspecified atom stereocenters. The molecule has 8 heteroatoms. The lowest BCUT2D eigenvalue weighted by molar-refractivity contribution is -0.246. The van der Waals surface area contributed by atoms with Gasteiger partial charge in [-0.2, -0.15) is 0 Å². The number of esters is 1. The normalized spacial score (nSPS) is 43.8. The molecule has 1 heterocycles. The van der Waals surface area contributed by atoms with Gasteiger partial charge in [-0.05, 0) is 50.2 Å². The Morgan fingerprint density at radius 1 is 1.26 bits per heavy atom. The summed E-state index contributed by atoms with van der Waals surface area (Å²) in [6, 6.07) is 0. The molecule has 4 rings (SSSR count). The number of rotatable bonds is 9. The summed E-state index contributed by atoms with van der Waals surface area (Å²) in [5.41, 5.74) is -6.12. The number of carbonyl (C=O) groups excluding carboxylic acids is 2. The molecular weight excluding hydrogens is 488 g/mol. The number of aliphatic hydroxyl groups excluding tert-OH is 1. The number of ether oxygens (including phenoxy) is 2. The quantitative estimate of drug-likeness (QED) is 0.0892. The SMILES string of the molecule is C=C(C)C1(O)CC(C)C2(O)C(C3OC3(CO)CC3(O)C(=O)C(C)=CC32)C1OC(=O)C=CC=CCCCCC. The van der Waals surface area contributed by atoms with Gasteiger partial charge in [0.1, 0.15) is 22.9 Å². The zero-order chi connectivity index (χ0) is 28.1. The molecule has 0 spiro atoms. The molecule has 1 aliphatic heterocycles. The minimum absolute atomic E-state index is 0.0131. The highest BCUT2D eigenvalue weighted by Crippen LogP contribution is 2.65. The summed E-state index contributed by atoms with van der Waals surface area (Å²) < 4.78 is 11.9. The molecule has 0 amide bonds. The lowest BCUT2D eigenvalue weighted by atomic mass is 9.54. The minimum Gasteiger partial charge on any atom is -0.455 e. The topological polar surface area (TPSA) is 137 Å². The molecule has 4 aliphatic rings. The number of hydrogen-bond donors (Lipinski definition) is 4. The van der Waals surface area contributed by atoms with Gasteiger partial charge in [-0.3, -0.25) is 4.79 Å². The Labute approximate surface area is 224 Å². The van der Waals surface area contributed by atoms with Crippen LogP contribution >= 0.6 is 0 Å². The second-order valence-corrected chi connectivity index (χ2v) is 11.9. The molecule has 8 nitrogen and oxygen atoms in total. The van der Waals surface area contributed by atoms with E-state index >= 15 is 0 Å². The minimum atomic E-state index is -1.99. The standard InChI is InChI=1S/C30H42O8/c1-6-7-8-9-10-11-12-13-22(32)37-26-23-25-27(17-31,38-25)16-29(35)21(14-19(4)24(29)33)30(23,36)20(5)15-28(26,34)18(2)3/h10-14,20-21,23,25-26,31,34-36H,2,6-9,15-17H2,1,3-5H3. The van der Waals surface area contributed by atoms with E-state index in [1.807, 2.05) is 6.08 Å². The highest BCUT2D eigenvalue weighted by Gasteiger charge is 2.80. The van der Waals surface area contributed by atoms with Gasteiger partial charge >= 0.3 is 5.97 Å². The molecule has 0 aromatic rings. The number of Topliss-reactive ketones (excluding diaryl/α,β-unsaturated/α-hetero) is 1. The first-order chi connectivity index (χ1) is 17.8. The van der Waals surface area contributed by atoms with E-state index in [2.05, 4.69) is 13.5 Å². The molecular formula is C30H42O8. The Hall–Kier alpha value is -2.10. The van der Waals surface area contributed by atoms with Gasteiger partial charge in [0.25, 0.3) is 0 Å². The van der Waals surface area contributed by atoms with Crippen LogP contribution in [0.3, 0.4) is 0 Å². The molecule has 38 heavy (non-hydrogen) atoms. The number of unbranched alkanes of at least 4 members (excludes halogenated alkanes) is 3. The predicted octanol–water partition coefficient (Wildman–Crippen LogP) is 2.70. The summed E-state index contributed by atoms with van der Waals surface area (Å²) in [5.74, 6) is -3.95. The van der Waals surface area contributed by atoms with Gasteiger partial charge in [0.2, 0.25) is 0 Å². The van der Waals surface area contributed by atoms with E-state index in [0.717, 1.165) is 25.7 Å². The third-order valence-electron chi connectivity index (χ3n) is 9.34. The van der Waals surface area contributed by atoms with Crippen LogP contribution in [0.1, 0.15) is 66.2 Å². The monoisotopic (exact) mass is 530 g/mol. The van der Waals surface area contributed by atoms with Gasteiger partial charge in [-0.1, -0.05) is 57.6 Å². The van der Waals surface area contributed by atoms with Gasteiger partial charge in [0, 0.05) is 18.4 Å². The molecule has 4 N–H and O–H groups in total. The average molecular weight is 531 g/mol. The van der Waals surface area contributed by atoms with Gasteiger partial charge in [-0.25, -0.2) is 4.79 Å². The fourth-order valence-electron chi connectivity index (χ4n) is 7.16. The van der Waals surface area contributed by atoms with Crippen LogP contribution in [-0.4, -0.2) is 73.4 Å². The number of hydrogen-bond acceptors (Lipinski definition) is 8. The number of epoxide rings is 1. The van der Waals surface area contributed by atoms with Gasteiger partial charge in [0.05, 0.1) is 24.2 Å². The third kappa shape index (κ3) is 4.34. The molecule has 210 valence electrons. The van der Waals surface area contributed by atoms with Crippen molar-refractivity contribution in [2.75, 3.05) is 6.61 Å².